The predicted molar refractivity (Wildman–Crippen MR) is 111 cm³/mol. The largest absolute Gasteiger partial charge is 0.355 e. The highest BCUT2D eigenvalue weighted by Gasteiger charge is 2.17. The zero-order valence-electron chi connectivity index (χ0n) is 17.0. The summed E-state index contributed by atoms with van der Waals surface area (Å²) in [5.74, 6) is -0.107. The Kier molecular flexibility index (Phi) is 7.81. The van der Waals surface area contributed by atoms with Crippen molar-refractivity contribution in [2.24, 2.45) is 0 Å². The monoisotopic (exact) mass is 398 g/mol. The normalized spacial score (nSPS) is 17.1. The highest BCUT2D eigenvalue weighted by atomic mass is 16.5. The van der Waals surface area contributed by atoms with Crippen LogP contribution in [0.5, 0.6) is 0 Å². The minimum atomic E-state index is -0.426. The zero-order chi connectivity index (χ0) is 20.5. The number of benzene rings is 1. The van der Waals surface area contributed by atoms with Crippen molar-refractivity contribution in [3.05, 3.63) is 42.1 Å². The highest BCUT2D eigenvalue weighted by molar-refractivity contribution is 5.95. The van der Waals surface area contributed by atoms with E-state index < -0.39 is 5.91 Å². The van der Waals surface area contributed by atoms with Crippen LogP contribution in [-0.4, -0.2) is 54.1 Å². The summed E-state index contributed by atoms with van der Waals surface area (Å²) in [6, 6.07) is 11.7. The fourth-order valence-corrected chi connectivity index (χ4v) is 3.59. The number of nitrogens with zero attached hydrogens (tertiary/aromatic N) is 2. The summed E-state index contributed by atoms with van der Waals surface area (Å²) in [7, 11) is 0. The van der Waals surface area contributed by atoms with E-state index in [-0.39, 0.29) is 18.1 Å². The first kappa shape index (κ1) is 21.0. The lowest BCUT2D eigenvalue weighted by Gasteiger charge is -2.33. The van der Waals surface area contributed by atoms with E-state index in [1.165, 1.54) is 25.8 Å². The van der Waals surface area contributed by atoms with Gasteiger partial charge in [0.25, 0.3) is 5.91 Å². The van der Waals surface area contributed by atoms with Crippen LogP contribution in [0.2, 0.25) is 0 Å². The van der Waals surface area contributed by atoms with Crippen LogP contribution in [0.15, 0.2) is 40.9 Å². The van der Waals surface area contributed by atoms with Crippen LogP contribution in [0.4, 0.5) is 0 Å². The Balaban J connectivity index is 1.31. The van der Waals surface area contributed by atoms with Crippen molar-refractivity contribution in [2.45, 2.75) is 45.1 Å². The quantitative estimate of drug-likeness (QED) is 0.634. The van der Waals surface area contributed by atoms with Gasteiger partial charge in [-0.1, -0.05) is 41.9 Å². The Morgan fingerprint density at radius 1 is 1.17 bits per heavy atom. The van der Waals surface area contributed by atoms with Gasteiger partial charge in [-0.3, -0.25) is 9.59 Å². The molecule has 1 aromatic carbocycles. The topological polar surface area (TPSA) is 87.5 Å². The first-order chi connectivity index (χ1) is 14.1. The number of aromatic nitrogens is 1. The van der Waals surface area contributed by atoms with Crippen LogP contribution in [0.1, 0.15) is 49.5 Å². The summed E-state index contributed by atoms with van der Waals surface area (Å²) in [5, 5.41) is 9.22. The van der Waals surface area contributed by atoms with Crippen molar-refractivity contribution in [3.8, 4) is 11.3 Å². The predicted octanol–water partition coefficient (Wildman–Crippen LogP) is 2.84. The third-order valence-corrected chi connectivity index (χ3v) is 5.35. The van der Waals surface area contributed by atoms with E-state index in [4.69, 9.17) is 4.52 Å². The van der Waals surface area contributed by atoms with E-state index in [0.717, 1.165) is 24.9 Å². The van der Waals surface area contributed by atoms with Crippen molar-refractivity contribution in [1.29, 1.82) is 0 Å². The average Bonchev–Trinajstić information content (AvgIpc) is 3.24. The van der Waals surface area contributed by atoms with Gasteiger partial charge in [0.2, 0.25) is 5.91 Å². The average molecular weight is 399 g/mol. The van der Waals surface area contributed by atoms with E-state index in [2.05, 4.69) is 27.6 Å². The standard InChI is InChI=1S/C22H30N4O3/c1-17-9-5-7-13-26(17)14-8-6-12-23-21(27)16-24-22(28)19-15-20(29-25-19)18-10-3-2-4-11-18/h2-4,10-11,15,17H,5-9,12-14,16H2,1H3,(H,23,27)(H,24,28). The summed E-state index contributed by atoms with van der Waals surface area (Å²) in [5.41, 5.74) is 1.00. The van der Waals surface area contributed by atoms with Crippen LogP contribution < -0.4 is 10.6 Å². The van der Waals surface area contributed by atoms with Crippen molar-refractivity contribution in [3.63, 3.8) is 0 Å². The Hall–Kier alpha value is -2.67. The van der Waals surface area contributed by atoms with Gasteiger partial charge in [0.05, 0.1) is 6.54 Å². The SMILES string of the molecule is CC1CCCCN1CCCCNC(=O)CNC(=O)c1cc(-c2ccccc2)on1. The molecule has 1 aliphatic rings. The van der Waals surface area contributed by atoms with Crippen LogP contribution in [0, 0.1) is 0 Å². The molecule has 3 rings (SSSR count). The summed E-state index contributed by atoms with van der Waals surface area (Å²) < 4.78 is 5.21. The molecule has 0 spiro atoms. The number of rotatable bonds is 9. The third-order valence-electron chi connectivity index (χ3n) is 5.35. The molecule has 156 valence electrons. The number of unbranched alkanes of at least 4 members (excludes halogenated alkanes) is 1. The number of hydrogen-bond donors (Lipinski definition) is 2. The molecule has 7 heteroatoms. The molecule has 2 aromatic rings. The molecule has 1 aliphatic heterocycles. The van der Waals surface area contributed by atoms with Gasteiger partial charge in [0.1, 0.15) is 0 Å². The molecule has 0 radical (unpaired) electrons. The van der Waals surface area contributed by atoms with Gasteiger partial charge in [-0.05, 0) is 45.7 Å². The Morgan fingerprint density at radius 2 is 2.00 bits per heavy atom. The van der Waals surface area contributed by atoms with Crippen LogP contribution >= 0.6 is 0 Å². The van der Waals surface area contributed by atoms with Crippen LogP contribution in [-0.2, 0) is 4.79 Å². The molecule has 0 aliphatic carbocycles. The second-order valence-electron chi connectivity index (χ2n) is 7.56. The van der Waals surface area contributed by atoms with Crippen LogP contribution in [0.25, 0.3) is 11.3 Å². The Labute approximate surface area is 171 Å². The van der Waals surface area contributed by atoms with Gasteiger partial charge < -0.3 is 20.1 Å². The molecule has 1 saturated heterocycles. The number of amides is 2. The lowest BCUT2D eigenvalue weighted by atomic mass is 10.0. The number of piperidine rings is 1. The fraction of sp³-hybridized carbons (Fsp3) is 0.500. The maximum atomic E-state index is 12.2. The zero-order valence-corrected chi connectivity index (χ0v) is 17.0. The molecule has 1 atom stereocenters. The van der Waals surface area contributed by atoms with Gasteiger partial charge in [0, 0.05) is 24.2 Å². The first-order valence-corrected chi connectivity index (χ1v) is 10.4. The lowest BCUT2D eigenvalue weighted by Crippen LogP contribution is -2.39. The highest BCUT2D eigenvalue weighted by Crippen LogP contribution is 2.19. The number of nitrogens with one attached hydrogen (secondary N) is 2. The fourth-order valence-electron chi connectivity index (χ4n) is 3.59. The van der Waals surface area contributed by atoms with Crippen LogP contribution in [0.3, 0.4) is 0 Å². The number of carbonyl (C=O) groups excluding carboxylic acids is 2. The third kappa shape index (κ3) is 6.42. The maximum absolute atomic E-state index is 12.2. The van der Waals surface area contributed by atoms with Gasteiger partial charge in [-0.15, -0.1) is 0 Å². The molecule has 1 aromatic heterocycles. The molecule has 1 fully saturated rings. The van der Waals surface area contributed by atoms with Crippen molar-refractivity contribution >= 4 is 11.8 Å². The van der Waals surface area contributed by atoms with E-state index in [1.807, 2.05) is 30.3 Å². The number of likely N-dealkylation sites (tertiary alicyclic amines) is 1. The van der Waals surface area contributed by atoms with Gasteiger partial charge in [-0.2, -0.15) is 0 Å². The summed E-state index contributed by atoms with van der Waals surface area (Å²) in [6.07, 6.45) is 5.92. The summed E-state index contributed by atoms with van der Waals surface area (Å²) in [6.45, 7) is 5.12. The molecule has 1 unspecified atom stereocenters. The van der Waals surface area contributed by atoms with E-state index in [0.29, 0.717) is 18.3 Å². The summed E-state index contributed by atoms with van der Waals surface area (Å²) in [4.78, 5) is 26.6. The minimum absolute atomic E-state index is 0.0739. The molecule has 0 bridgehead atoms. The second-order valence-corrected chi connectivity index (χ2v) is 7.56. The number of hydrogen-bond acceptors (Lipinski definition) is 5. The maximum Gasteiger partial charge on any atom is 0.273 e. The summed E-state index contributed by atoms with van der Waals surface area (Å²) >= 11 is 0. The van der Waals surface area contributed by atoms with E-state index in [1.54, 1.807) is 6.07 Å². The molecule has 7 nitrogen and oxygen atoms in total. The van der Waals surface area contributed by atoms with Crippen molar-refractivity contribution < 1.29 is 14.1 Å². The second kappa shape index (κ2) is 10.8. The van der Waals surface area contributed by atoms with Gasteiger partial charge in [-0.25, -0.2) is 0 Å². The molecule has 29 heavy (non-hydrogen) atoms. The minimum Gasteiger partial charge on any atom is -0.355 e. The Bertz CT molecular complexity index is 790. The molecular formula is C22H30N4O3. The molecular weight excluding hydrogens is 368 g/mol. The molecule has 2 heterocycles. The van der Waals surface area contributed by atoms with E-state index in [9.17, 15) is 9.59 Å². The Morgan fingerprint density at radius 3 is 2.79 bits per heavy atom. The van der Waals surface area contributed by atoms with E-state index >= 15 is 0 Å². The van der Waals surface area contributed by atoms with Gasteiger partial charge in [0.15, 0.2) is 11.5 Å². The van der Waals surface area contributed by atoms with Gasteiger partial charge >= 0.3 is 0 Å². The first-order valence-electron chi connectivity index (χ1n) is 10.4. The van der Waals surface area contributed by atoms with Crippen molar-refractivity contribution in [1.82, 2.24) is 20.7 Å². The lowest BCUT2D eigenvalue weighted by molar-refractivity contribution is -0.120. The smallest absolute Gasteiger partial charge is 0.273 e. The molecule has 2 N–H and O–H groups in total. The number of carbonyl (C=O) groups is 2. The van der Waals surface area contributed by atoms with Crippen molar-refractivity contribution in [2.75, 3.05) is 26.2 Å². The molecule has 0 saturated carbocycles. The molecule has 2 amide bonds.